The Bertz CT molecular complexity index is 729. The van der Waals surface area contributed by atoms with Gasteiger partial charge in [0.1, 0.15) is 11.3 Å². The van der Waals surface area contributed by atoms with Gasteiger partial charge in [-0.2, -0.15) is 4.98 Å². The number of amides is 1. The number of thiophene rings is 1. The van der Waals surface area contributed by atoms with Gasteiger partial charge >= 0.3 is 0 Å². The van der Waals surface area contributed by atoms with Crippen molar-refractivity contribution in [3.05, 3.63) is 33.6 Å². The van der Waals surface area contributed by atoms with Crippen molar-refractivity contribution in [2.75, 3.05) is 12.3 Å². The fraction of sp³-hybridized carbons (Fsp3) is 0.533. The molecule has 4 heterocycles. The zero-order chi connectivity index (χ0) is 16.0. The molecule has 2 aliphatic rings. The van der Waals surface area contributed by atoms with Crippen LogP contribution >= 0.6 is 23.1 Å². The second-order valence-electron chi connectivity index (χ2n) is 5.88. The van der Waals surface area contributed by atoms with Crippen LogP contribution in [0, 0.1) is 6.92 Å². The summed E-state index contributed by atoms with van der Waals surface area (Å²) in [6.45, 7) is 2.07. The summed E-state index contributed by atoms with van der Waals surface area (Å²) >= 11 is 3.39. The highest BCUT2D eigenvalue weighted by atomic mass is 32.2. The molecule has 0 unspecified atom stereocenters. The first kappa shape index (κ1) is 15.2. The number of thioether (sulfide) groups is 1. The molecule has 0 aliphatic carbocycles. The molecule has 1 saturated heterocycles. The zero-order valence-electron chi connectivity index (χ0n) is 12.6. The Morgan fingerprint density at radius 1 is 1.52 bits per heavy atom. The predicted molar refractivity (Wildman–Crippen MR) is 87.3 cm³/mol. The fourth-order valence-electron chi connectivity index (χ4n) is 3.24. The largest absolute Gasteiger partial charge is 0.391 e. The first-order chi connectivity index (χ1) is 11.1. The SMILES string of the molecule is Cc1noc([C@H]2C[C@@H](O)CN2C(=O)[C@@H]2SCCc3sccc32)n1. The Hall–Kier alpha value is -1.38. The van der Waals surface area contributed by atoms with Crippen molar-refractivity contribution >= 4 is 29.0 Å². The minimum atomic E-state index is -0.549. The number of hydrogen-bond donors (Lipinski definition) is 1. The van der Waals surface area contributed by atoms with Gasteiger partial charge in [-0.25, -0.2) is 0 Å². The quantitative estimate of drug-likeness (QED) is 0.893. The predicted octanol–water partition coefficient (Wildman–Crippen LogP) is 2.10. The average molecular weight is 351 g/mol. The molecule has 3 atom stereocenters. The van der Waals surface area contributed by atoms with Crippen LogP contribution in [-0.4, -0.2) is 44.5 Å². The van der Waals surface area contributed by atoms with E-state index in [1.165, 1.54) is 4.88 Å². The molecule has 8 heteroatoms. The van der Waals surface area contributed by atoms with Crippen molar-refractivity contribution in [3.63, 3.8) is 0 Å². The van der Waals surface area contributed by atoms with Gasteiger partial charge in [0.2, 0.25) is 11.8 Å². The second-order valence-corrected chi connectivity index (χ2v) is 8.09. The van der Waals surface area contributed by atoms with E-state index in [-0.39, 0.29) is 17.2 Å². The van der Waals surface area contributed by atoms with Gasteiger partial charge in [-0.3, -0.25) is 4.79 Å². The molecule has 23 heavy (non-hydrogen) atoms. The number of aryl methyl sites for hydroxylation is 2. The first-order valence-electron chi connectivity index (χ1n) is 7.60. The van der Waals surface area contributed by atoms with E-state index in [1.807, 2.05) is 6.07 Å². The molecule has 0 radical (unpaired) electrons. The van der Waals surface area contributed by atoms with E-state index in [9.17, 15) is 9.90 Å². The lowest BCUT2D eigenvalue weighted by Crippen LogP contribution is -2.36. The molecule has 0 spiro atoms. The highest BCUT2D eigenvalue weighted by Gasteiger charge is 2.42. The van der Waals surface area contributed by atoms with Crippen LogP contribution in [0.3, 0.4) is 0 Å². The third kappa shape index (κ3) is 2.68. The van der Waals surface area contributed by atoms with Crippen molar-refractivity contribution in [1.29, 1.82) is 0 Å². The van der Waals surface area contributed by atoms with Crippen LogP contribution in [0.2, 0.25) is 0 Å². The topological polar surface area (TPSA) is 79.5 Å². The van der Waals surface area contributed by atoms with Crippen molar-refractivity contribution in [3.8, 4) is 0 Å². The van der Waals surface area contributed by atoms with Gasteiger partial charge in [-0.15, -0.1) is 23.1 Å². The lowest BCUT2D eigenvalue weighted by Gasteiger charge is -2.28. The first-order valence-corrected chi connectivity index (χ1v) is 9.53. The number of nitrogens with zero attached hydrogens (tertiary/aromatic N) is 3. The minimum Gasteiger partial charge on any atom is -0.391 e. The minimum absolute atomic E-state index is 0.0340. The molecule has 0 bridgehead atoms. The number of aromatic nitrogens is 2. The molecule has 0 saturated carbocycles. The number of rotatable bonds is 2. The number of fused-ring (bicyclic) bond motifs is 1. The van der Waals surface area contributed by atoms with Gasteiger partial charge in [0.05, 0.1) is 6.10 Å². The van der Waals surface area contributed by atoms with Crippen LogP contribution in [0.4, 0.5) is 0 Å². The molecule has 2 aromatic heterocycles. The van der Waals surface area contributed by atoms with Crippen molar-refractivity contribution in [1.82, 2.24) is 15.0 Å². The third-order valence-electron chi connectivity index (χ3n) is 4.29. The molecule has 1 fully saturated rings. The standard InChI is InChI=1S/C15H17N3O3S2/c1-8-16-14(21-17-8)11-6-9(19)7-18(11)15(20)13-10-2-4-22-12(10)3-5-23-13/h2,4,9,11,13,19H,3,5-7H2,1H3/t9-,11-,13-/m1/s1. The van der Waals surface area contributed by atoms with Crippen LogP contribution in [0.25, 0.3) is 0 Å². The highest BCUT2D eigenvalue weighted by Crippen LogP contribution is 2.43. The molecule has 0 aromatic carbocycles. The van der Waals surface area contributed by atoms with Crippen LogP contribution in [-0.2, 0) is 11.2 Å². The van der Waals surface area contributed by atoms with Crippen molar-refractivity contribution in [2.45, 2.75) is 37.2 Å². The van der Waals surface area contributed by atoms with E-state index in [0.29, 0.717) is 24.7 Å². The van der Waals surface area contributed by atoms with Gasteiger partial charge in [0.15, 0.2) is 5.82 Å². The summed E-state index contributed by atoms with van der Waals surface area (Å²) in [5.74, 6) is 1.94. The summed E-state index contributed by atoms with van der Waals surface area (Å²) in [4.78, 5) is 20.4. The summed E-state index contributed by atoms with van der Waals surface area (Å²) in [6, 6.07) is 1.72. The molecule has 2 aromatic rings. The number of carbonyl (C=O) groups excluding carboxylic acids is 1. The average Bonchev–Trinajstić information content (AvgIpc) is 3.24. The maximum absolute atomic E-state index is 13.1. The fourth-order valence-corrected chi connectivity index (χ4v) is 5.60. The maximum atomic E-state index is 13.1. The number of aliphatic hydroxyl groups is 1. The van der Waals surface area contributed by atoms with Crippen LogP contribution in [0.15, 0.2) is 16.0 Å². The normalized spacial score (nSPS) is 27.2. The van der Waals surface area contributed by atoms with Crippen LogP contribution in [0.1, 0.15) is 39.9 Å². The summed E-state index contributed by atoms with van der Waals surface area (Å²) in [5, 5.41) is 15.7. The van der Waals surface area contributed by atoms with E-state index >= 15 is 0 Å². The lowest BCUT2D eigenvalue weighted by molar-refractivity contribution is -0.132. The molecular weight excluding hydrogens is 334 g/mol. The summed E-state index contributed by atoms with van der Waals surface area (Å²) in [7, 11) is 0. The van der Waals surface area contributed by atoms with Gasteiger partial charge in [-0.05, 0) is 36.1 Å². The smallest absolute Gasteiger partial charge is 0.249 e. The van der Waals surface area contributed by atoms with Gasteiger partial charge in [0, 0.05) is 17.8 Å². The lowest BCUT2D eigenvalue weighted by atomic mass is 10.1. The number of carbonyl (C=O) groups is 1. The Morgan fingerprint density at radius 3 is 3.17 bits per heavy atom. The van der Waals surface area contributed by atoms with E-state index in [4.69, 9.17) is 4.52 Å². The van der Waals surface area contributed by atoms with E-state index in [0.717, 1.165) is 17.7 Å². The number of hydrogen-bond acceptors (Lipinski definition) is 7. The van der Waals surface area contributed by atoms with Crippen LogP contribution in [0.5, 0.6) is 0 Å². The number of β-amino-alcohol motifs (C(OH)–C–C–N with tert-alkyl or cyclic N) is 1. The third-order valence-corrected chi connectivity index (χ3v) is 6.52. The summed E-state index contributed by atoms with van der Waals surface area (Å²) in [6.07, 6.45) is 0.920. The highest BCUT2D eigenvalue weighted by molar-refractivity contribution is 8.00. The van der Waals surface area contributed by atoms with Gasteiger partial charge in [0.25, 0.3) is 0 Å². The Kier molecular flexibility index (Phi) is 3.90. The van der Waals surface area contributed by atoms with Crippen molar-refractivity contribution < 1.29 is 14.4 Å². The molecule has 122 valence electrons. The monoisotopic (exact) mass is 351 g/mol. The van der Waals surface area contributed by atoms with E-state index < -0.39 is 6.10 Å². The summed E-state index contributed by atoms with van der Waals surface area (Å²) < 4.78 is 5.25. The van der Waals surface area contributed by atoms with Crippen molar-refractivity contribution in [2.24, 2.45) is 0 Å². The number of aliphatic hydroxyl groups excluding tert-OH is 1. The second kappa shape index (κ2) is 5.92. The Labute approximate surface area is 141 Å². The Morgan fingerprint density at radius 2 is 2.39 bits per heavy atom. The van der Waals surface area contributed by atoms with Crippen LogP contribution < -0.4 is 0 Å². The zero-order valence-corrected chi connectivity index (χ0v) is 14.3. The molecular formula is C15H17N3O3S2. The molecule has 6 nitrogen and oxygen atoms in total. The number of likely N-dealkylation sites (tertiary alicyclic amines) is 1. The van der Waals surface area contributed by atoms with Gasteiger partial charge in [-0.1, -0.05) is 5.16 Å². The molecule has 1 N–H and O–H groups in total. The molecule has 1 amide bonds. The molecule has 4 rings (SSSR count). The van der Waals surface area contributed by atoms with Gasteiger partial charge < -0.3 is 14.5 Å². The molecule has 2 aliphatic heterocycles. The maximum Gasteiger partial charge on any atom is 0.249 e. The summed E-state index contributed by atoms with van der Waals surface area (Å²) in [5.41, 5.74) is 1.12. The van der Waals surface area contributed by atoms with E-state index in [1.54, 1.807) is 34.9 Å². The van der Waals surface area contributed by atoms with E-state index in [2.05, 4.69) is 15.5 Å². The Balaban J connectivity index is 1.62.